The summed E-state index contributed by atoms with van der Waals surface area (Å²) in [5.41, 5.74) is 2.67. The summed E-state index contributed by atoms with van der Waals surface area (Å²) in [6.45, 7) is 6.45. The molecule has 0 saturated carbocycles. The van der Waals surface area contributed by atoms with Crippen molar-refractivity contribution in [2.24, 2.45) is 11.3 Å². The van der Waals surface area contributed by atoms with Gasteiger partial charge in [-0.2, -0.15) is 0 Å². The molecule has 2 fully saturated rings. The molecule has 1 aromatic carbocycles. The van der Waals surface area contributed by atoms with E-state index in [1.165, 1.54) is 0 Å². The van der Waals surface area contributed by atoms with E-state index < -0.39 is 0 Å². The van der Waals surface area contributed by atoms with Crippen molar-refractivity contribution in [2.45, 2.75) is 26.7 Å². The molecule has 2 heterocycles. The molecule has 0 bridgehead atoms. The summed E-state index contributed by atoms with van der Waals surface area (Å²) < 4.78 is 5.53. The minimum absolute atomic E-state index is 0.0427. The van der Waals surface area contributed by atoms with Gasteiger partial charge in [-0.25, -0.2) is 0 Å². The van der Waals surface area contributed by atoms with Gasteiger partial charge in [0.1, 0.15) is 0 Å². The fourth-order valence-electron chi connectivity index (χ4n) is 4.20. The van der Waals surface area contributed by atoms with Crippen molar-refractivity contribution >= 4 is 11.8 Å². The molecule has 5 nitrogen and oxygen atoms in total. The highest BCUT2D eigenvalue weighted by atomic mass is 16.5. The van der Waals surface area contributed by atoms with Crippen LogP contribution in [0.5, 0.6) is 0 Å². The molecule has 0 aliphatic carbocycles. The lowest BCUT2D eigenvalue weighted by Gasteiger charge is -2.38. The summed E-state index contributed by atoms with van der Waals surface area (Å²) >= 11 is 0. The monoisotopic (exact) mass is 344 g/mol. The summed E-state index contributed by atoms with van der Waals surface area (Å²) in [5.74, 6) is 0.0275. The lowest BCUT2D eigenvalue weighted by molar-refractivity contribution is -0.138. The van der Waals surface area contributed by atoms with Gasteiger partial charge in [-0.05, 0) is 38.3 Å². The minimum Gasteiger partial charge on any atom is -0.381 e. The van der Waals surface area contributed by atoms with Gasteiger partial charge in [0.25, 0.3) is 5.91 Å². The van der Waals surface area contributed by atoms with Crippen molar-refractivity contribution in [2.75, 3.05) is 40.4 Å². The van der Waals surface area contributed by atoms with Gasteiger partial charge in [0.15, 0.2) is 0 Å². The molecular weight excluding hydrogens is 316 g/mol. The fourth-order valence-corrected chi connectivity index (χ4v) is 4.20. The standard InChI is InChI=1S/C20H28N2O3/c1-14-5-6-15(2)16(11-14)18(23)22-12-17(19(24)21(3)4)20(13-22)7-9-25-10-8-20/h5-6,11,17H,7-10,12-13H2,1-4H3. The van der Waals surface area contributed by atoms with Crippen molar-refractivity contribution in [1.29, 1.82) is 0 Å². The summed E-state index contributed by atoms with van der Waals surface area (Å²) in [6, 6.07) is 5.97. The molecule has 0 aromatic heterocycles. The van der Waals surface area contributed by atoms with E-state index in [1.807, 2.05) is 36.9 Å². The first-order valence-electron chi connectivity index (χ1n) is 8.99. The highest BCUT2D eigenvalue weighted by Gasteiger charge is 2.52. The summed E-state index contributed by atoms with van der Waals surface area (Å²) in [6.07, 6.45) is 1.68. The van der Waals surface area contributed by atoms with Crippen LogP contribution in [0.15, 0.2) is 18.2 Å². The number of likely N-dealkylation sites (tertiary alicyclic amines) is 1. The highest BCUT2D eigenvalue weighted by molar-refractivity contribution is 5.96. The lowest BCUT2D eigenvalue weighted by Crippen LogP contribution is -2.44. The SMILES string of the molecule is Cc1ccc(C)c(C(=O)N2CC(C(=O)N(C)C)C3(CCOCC3)C2)c1. The average Bonchev–Trinajstić information content (AvgIpc) is 2.95. The molecular formula is C20H28N2O3. The molecule has 2 saturated heterocycles. The first kappa shape index (κ1) is 17.9. The molecule has 1 unspecified atom stereocenters. The van der Waals surface area contributed by atoms with Crippen LogP contribution in [0.4, 0.5) is 0 Å². The zero-order chi connectivity index (χ0) is 18.2. The number of amides is 2. The predicted molar refractivity (Wildman–Crippen MR) is 96.5 cm³/mol. The third-order valence-electron chi connectivity index (χ3n) is 5.79. The topological polar surface area (TPSA) is 49.9 Å². The third kappa shape index (κ3) is 3.30. The summed E-state index contributed by atoms with van der Waals surface area (Å²) in [5, 5.41) is 0. The number of hydrogen-bond acceptors (Lipinski definition) is 3. The van der Waals surface area contributed by atoms with Crippen molar-refractivity contribution in [3.8, 4) is 0 Å². The van der Waals surface area contributed by atoms with Crippen LogP contribution in [0, 0.1) is 25.2 Å². The van der Waals surface area contributed by atoms with E-state index in [4.69, 9.17) is 4.74 Å². The largest absolute Gasteiger partial charge is 0.381 e. The van der Waals surface area contributed by atoms with Gasteiger partial charge < -0.3 is 14.5 Å². The van der Waals surface area contributed by atoms with Crippen LogP contribution in [-0.4, -0.2) is 62.0 Å². The Morgan fingerprint density at radius 1 is 1.20 bits per heavy atom. The molecule has 2 aliphatic heterocycles. The molecule has 2 amide bonds. The van der Waals surface area contributed by atoms with E-state index in [9.17, 15) is 9.59 Å². The van der Waals surface area contributed by atoms with Crippen molar-refractivity contribution in [1.82, 2.24) is 9.80 Å². The molecule has 1 spiro atoms. The Bertz CT molecular complexity index is 678. The third-order valence-corrected chi connectivity index (χ3v) is 5.79. The van der Waals surface area contributed by atoms with E-state index in [-0.39, 0.29) is 23.1 Å². The van der Waals surface area contributed by atoms with Crippen molar-refractivity contribution in [3.63, 3.8) is 0 Å². The Labute approximate surface area is 149 Å². The van der Waals surface area contributed by atoms with E-state index in [0.717, 1.165) is 29.5 Å². The second-order valence-electron chi connectivity index (χ2n) is 7.76. The van der Waals surface area contributed by atoms with Gasteiger partial charge in [-0.1, -0.05) is 17.7 Å². The molecule has 2 aliphatic rings. The molecule has 5 heteroatoms. The predicted octanol–water partition coefficient (Wildman–Crippen LogP) is 2.26. The second kappa shape index (κ2) is 6.79. The normalized spacial score (nSPS) is 22.2. The van der Waals surface area contributed by atoms with Crippen molar-refractivity contribution < 1.29 is 14.3 Å². The molecule has 136 valence electrons. The Kier molecular flexibility index (Phi) is 4.87. The van der Waals surface area contributed by atoms with Crippen LogP contribution < -0.4 is 0 Å². The maximum atomic E-state index is 13.2. The van der Waals surface area contributed by atoms with Gasteiger partial charge in [0.2, 0.25) is 5.91 Å². The number of ether oxygens (including phenoxy) is 1. The van der Waals surface area contributed by atoms with Gasteiger partial charge in [-0.15, -0.1) is 0 Å². The molecule has 1 aromatic rings. The summed E-state index contributed by atoms with van der Waals surface area (Å²) in [7, 11) is 3.59. The van der Waals surface area contributed by atoms with Gasteiger partial charge >= 0.3 is 0 Å². The molecule has 0 N–H and O–H groups in total. The average molecular weight is 344 g/mol. The first-order chi connectivity index (χ1) is 11.8. The Balaban J connectivity index is 1.90. The van der Waals surface area contributed by atoms with Gasteiger partial charge in [0.05, 0.1) is 5.92 Å². The van der Waals surface area contributed by atoms with Crippen LogP contribution >= 0.6 is 0 Å². The zero-order valence-electron chi connectivity index (χ0n) is 15.7. The Hall–Kier alpha value is -1.88. The zero-order valence-corrected chi connectivity index (χ0v) is 15.7. The van der Waals surface area contributed by atoms with Gasteiger partial charge in [-0.3, -0.25) is 9.59 Å². The van der Waals surface area contributed by atoms with Crippen LogP contribution in [0.25, 0.3) is 0 Å². The first-order valence-corrected chi connectivity index (χ1v) is 8.99. The molecule has 0 radical (unpaired) electrons. The van der Waals surface area contributed by atoms with E-state index in [1.54, 1.807) is 19.0 Å². The fraction of sp³-hybridized carbons (Fsp3) is 0.600. The molecule has 1 atom stereocenters. The number of benzene rings is 1. The number of rotatable bonds is 2. The lowest BCUT2D eigenvalue weighted by atomic mass is 9.71. The van der Waals surface area contributed by atoms with Crippen LogP contribution in [0.1, 0.15) is 34.3 Å². The Morgan fingerprint density at radius 2 is 1.88 bits per heavy atom. The second-order valence-corrected chi connectivity index (χ2v) is 7.76. The maximum Gasteiger partial charge on any atom is 0.254 e. The number of nitrogens with zero attached hydrogens (tertiary/aromatic N) is 2. The quantitative estimate of drug-likeness (QED) is 0.827. The Morgan fingerprint density at radius 3 is 2.52 bits per heavy atom. The maximum absolute atomic E-state index is 13.2. The summed E-state index contributed by atoms with van der Waals surface area (Å²) in [4.78, 5) is 29.5. The highest BCUT2D eigenvalue weighted by Crippen LogP contribution is 2.45. The van der Waals surface area contributed by atoms with Gasteiger partial charge in [0, 0.05) is 51.4 Å². The number of carbonyl (C=O) groups is 2. The smallest absolute Gasteiger partial charge is 0.254 e. The molecule has 3 rings (SSSR count). The van der Waals surface area contributed by atoms with Crippen LogP contribution in [-0.2, 0) is 9.53 Å². The minimum atomic E-state index is -0.146. The molecule has 25 heavy (non-hydrogen) atoms. The van der Waals surface area contributed by atoms with E-state index in [0.29, 0.717) is 26.3 Å². The van der Waals surface area contributed by atoms with Crippen LogP contribution in [0.2, 0.25) is 0 Å². The number of hydrogen-bond donors (Lipinski definition) is 0. The van der Waals surface area contributed by atoms with E-state index >= 15 is 0 Å². The van der Waals surface area contributed by atoms with Crippen LogP contribution in [0.3, 0.4) is 0 Å². The number of aryl methyl sites for hydroxylation is 2. The van der Waals surface area contributed by atoms with Crippen molar-refractivity contribution in [3.05, 3.63) is 34.9 Å². The number of carbonyl (C=O) groups excluding carboxylic acids is 2. The van der Waals surface area contributed by atoms with E-state index in [2.05, 4.69) is 0 Å².